The molecule has 0 bridgehead atoms. The molecule has 6 heteroatoms. The number of urea groups is 1. The first kappa shape index (κ1) is 21.7. The lowest BCUT2D eigenvalue weighted by Crippen LogP contribution is -2.33. The molecule has 3 N–H and O–H groups in total. The molecule has 1 saturated heterocycles. The molecule has 6 nitrogen and oxygen atoms in total. The van der Waals surface area contributed by atoms with Gasteiger partial charge in [0.15, 0.2) is 0 Å². The topological polar surface area (TPSA) is 73.5 Å². The van der Waals surface area contributed by atoms with Gasteiger partial charge in [-0.2, -0.15) is 0 Å². The summed E-state index contributed by atoms with van der Waals surface area (Å²) in [5.74, 6) is -0.106. The fraction of sp³-hybridized carbons (Fsp3) is 0.417. The average molecular weight is 409 g/mol. The maximum Gasteiger partial charge on any atom is 0.323 e. The van der Waals surface area contributed by atoms with Gasteiger partial charge in [0, 0.05) is 36.2 Å². The lowest BCUT2D eigenvalue weighted by molar-refractivity contribution is 0.0939. The molecule has 0 aromatic heterocycles. The van der Waals surface area contributed by atoms with E-state index < -0.39 is 0 Å². The monoisotopic (exact) mass is 408 g/mol. The van der Waals surface area contributed by atoms with Crippen molar-refractivity contribution in [2.75, 3.05) is 28.6 Å². The van der Waals surface area contributed by atoms with E-state index in [4.69, 9.17) is 0 Å². The quantitative estimate of drug-likeness (QED) is 0.602. The maximum atomic E-state index is 12.9. The third kappa shape index (κ3) is 5.53. The molecule has 3 rings (SSSR count). The van der Waals surface area contributed by atoms with Crippen LogP contribution in [0.3, 0.4) is 0 Å². The van der Waals surface area contributed by atoms with Crippen LogP contribution in [0.2, 0.25) is 0 Å². The SMILES string of the molecule is CCc1ccc(NC(=O)Nc2ccc(N3CCCC3)c(C(=O)NC(C)CC)c2)cc1. The predicted octanol–water partition coefficient (Wildman–Crippen LogP) is 5.02. The first-order valence-corrected chi connectivity index (χ1v) is 10.9. The first-order chi connectivity index (χ1) is 14.5. The summed E-state index contributed by atoms with van der Waals surface area (Å²) in [7, 11) is 0. The zero-order valence-electron chi connectivity index (χ0n) is 18.1. The number of carbonyl (C=O) groups is 2. The molecule has 3 amide bonds. The number of nitrogens with one attached hydrogen (secondary N) is 3. The minimum Gasteiger partial charge on any atom is -0.371 e. The van der Waals surface area contributed by atoms with Crippen molar-refractivity contribution in [2.24, 2.45) is 0 Å². The van der Waals surface area contributed by atoms with E-state index >= 15 is 0 Å². The average Bonchev–Trinajstić information content (AvgIpc) is 3.28. The number of aryl methyl sites for hydroxylation is 1. The normalized spacial score (nSPS) is 14.3. The molecule has 0 spiro atoms. The number of nitrogens with zero attached hydrogens (tertiary/aromatic N) is 1. The molecule has 0 radical (unpaired) electrons. The molecule has 1 heterocycles. The molecule has 2 aromatic rings. The molecule has 160 valence electrons. The zero-order chi connectivity index (χ0) is 21.5. The van der Waals surface area contributed by atoms with Gasteiger partial charge in [0.05, 0.1) is 5.56 Å². The third-order valence-electron chi connectivity index (χ3n) is 5.56. The van der Waals surface area contributed by atoms with Gasteiger partial charge in [0.1, 0.15) is 0 Å². The minimum absolute atomic E-state index is 0.0925. The first-order valence-electron chi connectivity index (χ1n) is 10.9. The molecule has 30 heavy (non-hydrogen) atoms. The highest BCUT2D eigenvalue weighted by atomic mass is 16.2. The molecule has 0 saturated carbocycles. The summed E-state index contributed by atoms with van der Waals surface area (Å²) >= 11 is 0. The number of amides is 3. The van der Waals surface area contributed by atoms with Crippen LogP contribution in [0.5, 0.6) is 0 Å². The Hall–Kier alpha value is -3.02. The second-order valence-corrected chi connectivity index (χ2v) is 7.84. The maximum absolute atomic E-state index is 12.9. The standard InChI is InChI=1S/C24H32N4O2/c1-4-17(3)25-23(29)21-16-20(12-13-22(21)28-14-6-7-15-28)27-24(30)26-19-10-8-18(5-2)9-11-19/h8-13,16-17H,4-7,14-15H2,1-3H3,(H,25,29)(H2,26,27,30). The fourth-order valence-electron chi connectivity index (χ4n) is 3.55. The molecule has 1 aliphatic rings. The van der Waals surface area contributed by atoms with Crippen molar-refractivity contribution in [1.29, 1.82) is 0 Å². The minimum atomic E-state index is -0.332. The lowest BCUT2D eigenvalue weighted by atomic mass is 10.1. The highest BCUT2D eigenvalue weighted by molar-refractivity contribution is 6.04. The van der Waals surface area contributed by atoms with Crippen LogP contribution in [-0.4, -0.2) is 31.1 Å². The largest absolute Gasteiger partial charge is 0.371 e. The van der Waals surface area contributed by atoms with Crippen LogP contribution in [-0.2, 0) is 6.42 Å². The molecule has 1 atom stereocenters. The van der Waals surface area contributed by atoms with Crippen LogP contribution in [0.1, 0.15) is 56.0 Å². The third-order valence-corrected chi connectivity index (χ3v) is 5.56. The van der Waals surface area contributed by atoms with Gasteiger partial charge in [0.2, 0.25) is 0 Å². The summed E-state index contributed by atoms with van der Waals surface area (Å²) in [6, 6.07) is 13.1. The van der Waals surface area contributed by atoms with Gasteiger partial charge in [-0.15, -0.1) is 0 Å². The molecule has 1 fully saturated rings. The summed E-state index contributed by atoms with van der Waals surface area (Å²) in [5.41, 5.74) is 4.06. The van der Waals surface area contributed by atoms with Gasteiger partial charge in [-0.05, 0) is 68.5 Å². The highest BCUT2D eigenvalue weighted by Gasteiger charge is 2.21. The Labute approximate surface area is 179 Å². The van der Waals surface area contributed by atoms with Crippen LogP contribution < -0.4 is 20.9 Å². The van der Waals surface area contributed by atoms with Crippen molar-refractivity contribution in [2.45, 2.75) is 52.5 Å². The molecule has 2 aromatic carbocycles. The number of hydrogen-bond acceptors (Lipinski definition) is 3. The number of anilines is 3. The van der Waals surface area contributed by atoms with Crippen LogP contribution in [0, 0.1) is 0 Å². The van der Waals surface area contributed by atoms with Gasteiger partial charge in [-0.3, -0.25) is 4.79 Å². The van der Waals surface area contributed by atoms with Crippen molar-refractivity contribution in [3.8, 4) is 0 Å². The Morgan fingerprint density at radius 2 is 1.60 bits per heavy atom. The van der Waals surface area contributed by atoms with Crippen LogP contribution in [0.15, 0.2) is 42.5 Å². The highest BCUT2D eigenvalue weighted by Crippen LogP contribution is 2.28. The smallest absolute Gasteiger partial charge is 0.323 e. The fourth-order valence-corrected chi connectivity index (χ4v) is 3.55. The van der Waals surface area contributed by atoms with Crippen molar-refractivity contribution < 1.29 is 9.59 Å². The van der Waals surface area contributed by atoms with Crippen molar-refractivity contribution in [1.82, 2.24) is 5.32 Å². The lowest BCUT2D eigenvalue weighted by Gasteiger charge is -2.23. The van der Waals surface area contributed by atoms with E-state index in [1.165, 1.54) is 5.56 Å². The van der Waals surface area contributed by atoms with E-state index in [0.717, 1.165) is 50.1 Å². The van der Waals surface area contributed by atoms with Crippen molar-refractivity contribution in [3.63, 3.8) is 0 Å². The zero-order valence-corrected chi connectivity index (χ0v) is 18.1. The van der Waals surface area contributed by atoms with E-state index in [2.05, 4.69) is 27.8 Å². The molecular formula is C24H32N4O2. The Balaban J connectivity index is 1.76. The Kier molecular flexibility index (Phi) is 7.33. The number of carbonyl (C=O) groups excluding carboxylic acids is 2. The predicted molar refractivity (Wildman–Crippen MR) is 124 cm³/mol. The van der Waals surface area contributed by atoms with E-state index in [-0.39, 0.29) is 18.0 Å². The Morgan fingerprint density at radius 1 is 0.967 bits per heavy atom. The molecule has 0 aliphatic carbocycles. The van der Waals surface area contributed by atoms with Crippen LogP contribution in [0.25, 0.3) is 0 Å². The molecule has 1 aliphatic heterocycles. The van der Waals surface area contributed by atoms with Gasteiger partial charge in [-0.1, -0.05) is 26.0 Å². The summed E-state index contributed by atoms with van der Waals surface area (Å²) in [6.07, 6.45) is 4.08. The summed E-state index contributed by atoms with van der Waals surface area (Å²) < 4.78 is 0. The summed E-state index contributed by atoms with van der Waals surface area (Å²) in [5, 5.41) is 8.74. The number of rotatable bonds is 7. The van der Waals surface area contributed by atoms with Gasteiger partial charge >= 0.3 is 6.03 Å². The summed E-state index contributed by atoms with van der Waals surface area (Å²) in [4.78, 5) is 27.6. The van der Waals surface area contributed by atoms with E-state index in [1.807, 2.05) is 50.2 Å². The van der Waals surface area contributed by atoms with Crippen molar-refractivity contribution in [3.05, 3.63) is 53.6 Å². The van der Waals surface area contributed by atoms with E-state index in [9.17, 15) is 9.59 Å². The van der Waals surface area contributed by atoms with E-state index in [1.54, 1.807) is 6.07 Å². The Bertz CT molecular complexity index is 873. The second kappa shape index (κ2) is 10.1. The van der Waals surface area contributed by atoms with Gasteiger partial charge in [-0.25, -0.2) is 4.79 Å². The summed E-state index contributed by atoms with van der Waals surface area (Å²) in [6.45, 7) is 8.03. The Morgan fingerprint density at radius 3 is 2.23 bits per heavy atom. The van der Waals surface area contributed by atoms with Crippen molar-refractivity contribution >= 4 is 29.0 Å². The van der Waals surface area contributed by atoms with Gasteiger partial charge < -0.3 is 20.9 Å². The van der Waals surface area contributed by atoms with Crippen LogP contribution >= 0.6 is 0 Å². The molecule has 1 unspecified atom stereocenters. The number of benzene rings is 2. The molecular weight excluding hydrogens is 376 g/mol. The van der Waals surface area contributed by atoms with Crippen LogP contribution in [0.4, 0.5) is 21.9 Å². The van der Waals surface area contributed by atoms with Gasteiger partial charge in [0.25, 0.3) is 5.91 Å². The number of hydrogen-bond donors (Lipinski definition) is 3. The van der Waals surface area contributed by atoms with E-state index in [0.29, 0.717) is 11.3 Å². The second-order valence-electron chi connectivity index (χ2n) is 7.84.